The molecule has 1 aliphatic heterocycles. The fraction of sp³-hybridized carbons (Fsp3) is 0.400. The fourth-order valence-electron chi connectivity index (χ4n) is 4.10. The SMILES string of the molecule is Cn1ccc(NC(=O)C(CC2CCCC2)N2C(=O)C(=O)c3ccccc32)n1. The van der Waals surface area contributed by atoms with E-state index >= 15 is 0 Å². The molecule has 1 saturated carbocycles. The van der Waals surface area contributed by atoms with Crippen LogP contribution in [0.5, 0.6) is 0 Å². The van der Waals surface area contributed by atoms with Gasteiger partial charge in [-0.25, -0.2) is 0 Å². The summed E-state index contributed by atoms with van der Waals surface area (Å²) in [6.07, 6.45) is 6.66. The van der Waals surface area contributed by atoms with Gasteiger partial charge in [0.15, 0.2) is 5.82 Å². The van der Waals surface area contributed by atoms with Crippen LogP contribution in [0.25, 0.3) is 0 Å². The van der Waals surface area contributed by atoms with Crippen LogP contribution in [-0.4, -0.2) is 33.4 Å². The van der Waals surface area contributed by atoms with Gasteiger partial charge >= 0.3 is 0 Å². The molecule has 0 saturated heterocycles. The number of aromatic nitrogens is 2. The van der Waals surface area contributed by atoms with Crippen LogP contribution in [0, 0.1) is 5.92 Å². The number of nitrogens with one attached hydrogen (secondary N) is 1. The maximum Gasteiger partial charge on any atom is 0.300 e. The third kappa shape index (κ3) is 3.25. The molecule has 140 valence electrons. The Kier molecular flexibility index (Phi) is 4.51. The van der Waals surface area contributed by atoms with Crippen LogP contribution < -0.4 is 10.2 Å². The predicted octanol–water partition coefficient (Wildman–Crippen LogP) is 2.54. The van der Waals surface area contributed by atoms with Gasteiger partial charge in [-0.2, -0.15) is 5.10 Å². The first-order valence-corrected chi connectivity index (χ1v) is 9.32. The van der Waals surface area contributed by atoms with Gasteiger partial charge in [-0.3, -0.25) is 24.0 Å². The third-order valence-electron chi connectivity index (χ3n) is 5.43. The van der Waals surface area contributed by atoms with Crippen molar-refractivity contribution in [2.24, 2.45) is 13.0 Å². The minimum atomic E-state index is -0.727. The lowest BCUT2D eigenvalue weighted by atomic mass is 9.96. The molecule has 7 heteroatoms. The monoisotopic (exact) mass is 366 g/mol. The van der Waals surface area contributed by atoms with Crippen LogP contribution in [-0.2, 0) is 16.6 Å². The van der Waals surface area contributed by atoms with Gasteiger partial charge in [-0.1, -0.05) is 37.8 Å². The first-order chi connectivity index (χ1) is 13.0. The van der Waals surface area contributed by atoms with E-state index in [-0.39, 0.29) is 5.91 Å². The van der Waals surface area contributed by atoms with Gasteiger partial charge < -0.3 is 5.32 Å². The lowest BCUT2D eigenvalue weighted by Crippen LogP contribution is -2.48. The molecule has 4 rings (SSSR count). The summed E-state index contributed by atoms with van der Waals surface area (Å²) >= 11 is 0. The second-order valence-electron chi connectivity index (χ2n) is 7.29. The van der Waals surface area contributed by atoms with Crippen LogP contribution >= 0.6 is 0 Å². The summed E-state index contributed by atoms with van der Waals surface area (Å²) < 4.78 is 1.60. The number of amides is 2. The number of aryl methyl sites for hydroxylation is 1. The van der Waals surface area contributed by atoms with Gasteiger partial charge in [-0.05, 0) is 24.5 Å². The average Bonchev–Trinajstić information content (AvgIpc) is 3.36. The first-order valence-electron chi connectivity index (χ1n) is 9.32. The molecule has 1 aromatic heterocycles. The number of fused-ring (bicyclic) bond motifs is 1. The summed E-state index contributed by atoms with van der Waals surface area (Å²) in [6.45, 7) is 0. The molecule has 27 heavy (non-hydrogen) atoms. The van der Waals surface area contributed by atoms with Gasteiger partial charge in [0.05, 0.1) is 11.3 Å². The number of carbonyl (C=O) groups is 3. The second kappa shape index (κ2) is 6.98. The molecule has 2 heterocycles. The molecule has 0 radical (unpaired) electrons. The van der Waals surface area contributed by atoms with Gasteiger partial charge in [0, 0.05) is 19.3 Å². The topological polar surface area (TPSA) is 84.3 Å². The summed E-state index contributed by atoms with van der Waals surface area (Å²) in [5.74, 6) is -0.674. The van der Waals surface area contributed by atoms with Crippen molar-refractivity contribution in [2.75, 3.05) is 10.2 Å². The van der Waals surface area contributed by atoms with E-state index in [1.165, 1.54) is 4.90 Å². The van der Waals surface area contributed by atoms with Gasteiger partial charge in [-0.15, -0.1) is 0 Å². The van der Waals surface area contributed by atoms with E-state index in [2.05, 4.69) is 10.4 Å². The van der Waals surface area contributed by atoms with E-state index in [0.29, 0.717) is 29.4 Å². The lowest BCUT2D eigenvalue weighted by molar-refractivity contribution is -0.121. The Morgan fingerprint density at radius 2 is 1.96 bits per heavy atom. The van der Waals surface area contributed by atoms with Crippen molar-refractivity contribution < 1.29 is 14.4 Å². The van der Waals surface area contributed by atoms with Crippen LogP contribution in [0.1, 0.15) is 42.5 Å². The fourth-order valence-corrected chi connectivity index (χ4v) is 4.10. The quantitative estimate of drug-likeness (QED) is 0.824. The normalized spacial score (nSPS) is 18.0. The van der Waals surface area contributed by atoms with Gasteiger partial charge in [0.25, 0.3) is 11.7 Å². The van der Waals surface area contributed by atoms with Gasteiger partial charge in [0.2, 0.25) is 5.91 Å². The second-order valence-corrected chi connectivity index (χ2v) is 7.29. The van der Waals surface area contributed by atoms with Crippen molar-refractivity contribution in [1.29, 1.82) is 0 Å². The molecule has 1 atom stereocenters. The third-order valence-corrected chi connectivity index (χ3v) is 5.43. The number of benzene rings is 1. The zero-order valence-electron chi connectivity index (χ0n) is 15.2. The summed E-state index contributed by atoms with van der Waals surface area (Å²) in [7, 11) is 1.77. The van der Waals surface area contributed by atoms with E-state index in [4.69, 9.17) is 0 Å². The minimum Gasteiger partial charge on any atom is -0.307 e. The van der Waals surface area contributed by atoms with Crippen molar-refractivity contribution in [3.05, 3.63) is 42.1 Å². The number of ketones is 1. The Balaban J connectivity index is 1.66. The number of carbonyl (C=O) groups excluding carboxylic acids is 3. The Labute approximate surface area is 157 Å². The molecule has 1 aromatic carbocycles. The maximum absolute atomic E-state index is 13.1. The number of para-hydroxylation sites is 1. The summed E-state index contributed by atoms with van der Waals surface area (Å²) in [5.41, 5.74) is 0.885. The largest absolute Gasteiger partial charge is 0.307 e. The number of rotatable bonds is 5. The predicted molar refractivity (Wildman–Crippen MR) is 100 cm³/mol. The molecule has 7 nitrogen and oxygen atoms in total. The van der Waals surface area contributed by atoms with Crippen LogP contribution in [0.3, 0.4) is 0 Å². The van der Waals surface area contributed by atoms with Crippen LogP contribution in [0.2, 0.25) is 0 Å². The van der Waals surface area contributed by atoms with Crippen molar-refractivity contribution in [3.63, 3.8) is 0 Å². The van der Waals surface area contributed by atoms with Gasteiger partial charge in [0.1, 0.15) is 6.04 Å². The number of hydrogen-bond acceptors (Lipinski definition) is 4. The summed E-state index contributed by atoms with van der Waals surface area (Å²) in [6, 6.07) is 7.85. The number of hydrogen-bond donors (Lipinski definition) is 1. The van der Waals surface area contributed by atoms with E-state index in [1.807, 2.05) is 0 Å². The van der Waals surface area contributed by atoms with E-state index in [9.17, 15) is 14.4 Å². The number of nitrogens with zero attached hydrogens (tertiary/aromatic N) is 3. The van der Waals surface area contributed by atoms with Crippen molar-refractivity contribution >= 4 is 29.1 Å². The molecule has 1 N–H and O–H groups in total. The molecule has 2 amide bonds. The molecule has 0 bridgehead atoms. The first kappa shape index (κ1) is 17.5. The van der Waals surface area contributed by atoms with Crippen LogP contribution in [0.4, 0.5) is 11.5 Å². The zero-order valence-corrected chi connectivity index (χ0v) is 15.2. The highest BCUT2D eigenvalue weighted by Crippen LogP contribution is 2.35. The lowest BCUT2D eigenvalue weighted by Gasteiger charge is -2.28. The Morgan fingerprint density at radius 1 is 1.22 bits per heavy atom. The molecular formula is C20H22N4O3. The number of anilines is 2. The zero-order chi connectivity index (χ0) is 19.0. The Morgan fingerprint density at radius 3 is 2.67 bits per heavy atom. The van der Waals surface area contributed by atoms with Crippen LogP contribution in [0.15, 0.2) is 36.5 Å². The highest BCUT2D eigenvalue weighted by atomic mass is 16.2. The smallest absolute Gasteiger partial charge is 0.300 e. The molecule has 1 fully saturated rings. The molecular weight excluding hydrogens is 344 g/mol. The Hall–Kier alpha value is -2.96. The molecule has 1 unspecified atom stereocenters. The standard InChI is InChI=1S/C20H22N4O3/c1-23-11-10-17(22-23)21-19(26)16(12-13-6-2-3-7-13)24-15-9-5-4-8-14(15)18(25)20(24)27/h4-5,8-11,13,16H,2-3,6-7,12H2,1H3,(H,21,22,26). The molecule has 1 aliphatic carbocycles. The molecule has 2 aliphatic rings. The highest BCUT2D eigenvalue weighted by Gasteiger charge is 2.43. The van der Waals surface area contributed by atoms with Crippen molar-refractivity contribution in [1.82, 2.24) is 9.78 Å². The maximum atomic E-state index is 13.1. The molecule has 0 spiro atoms. The molecule has 2 aromatic rings. The van der Waals surface area contributed by atoms with E-state index < -0.39 is 17.7 Å². The van der Waals surface area contributed by atoms with E-state index in [1.54, 1.807) is 48.3 Å². The summed E-state index contributed by atoms with van der Waals surface area (Å²) in [5, 5.41) is 6.99. The Bertz CT molecular complexity index is 898. The van der Waals surface area contributed by atoms with Crippen molar-refractivity contribution in [2.45, 2.75) is 38.1 Å². The van der Waals surface area contributed by atoms with E-state index in [0.717, 1.165) is 25.7 Å². The minimum absolute atomic E-state index is 0.307. The highest BCUT2D eigenvalue weighted by molar-refractivity contribution is 6.52. The average molecular weight is 366 g/mol. The summed E-state index contributed by atoms with van der Waals surface area (Å²) in [4.78, 5) is 39.6. The van der Waals surface area contributed by atoms with Crippen molar-refractivity contribution in [3.8, 4) is 0 Å². The number of Topliss-reactive ketones (excluding diaryl/α,β-unsaturated/α-hetero) is 1.